The Morgan fingerprint density at radius 1 is 1.04 bits per heavy atom. The molecule has 2 rings (SSSR count). The van der Waals surface area contributed by atoms with Gasteiger partial charge in [-0.15, -0.1) is 0 Å². The number of halogens is 3. The molecule has 1 unspecified atom stereocenters. The molecule has 0 heterocycles. The molecule has 1 atom stereocenters. The van der Waals surface area contributed by atoms with E-state index in [1.165, 1.54) is 0 Å². The fourth-order valence-corrected chi connectivity index (χ4v) is 2.81. The van der Waals surface area contributed by atoms with E-state index in [9.17, 15) is 13.5 Å². The van der Waals surface area contributed by atoms with Crippen LogP contribution in [0.25, 0.3) is 0 Å². The summed E-state index contributed by atoms with van der Waals surface area (Å²) in [6.07, 6.45) is 1.34. The van der Waals surface area contributed by atoms with E-state index >= 15 is 0 Å². The number of benzene rings is 2. The molecule has 2 N–H and O–H groups in total. The van der Waals surface area contributed by atoms with Crippen molar-refractivity contribution in [2.45, 2.75) is 12.3 Å². The summed E-state index contributed by atoms with van der Waals surface area (Å²) in [6, 6.07) is 12.9. The molecule has 0 fully saturated rings. The van der Waals surface area contributed by atoms with Gasteiger partial charge in [0.2, 0.25) is 0 Å². The summed E-state index contributed by atoms with van der Waals surface area (Å²) < 4.78 is 25.9. The molecule has 0 aromatic heterocycles. The van der Waals surface area contributed by atoms with Gasteiger partial charge in [-0.05, 0) is 35.7 Å². The average molecular weight is 412 g/mol. The second-order valence-electron chi connectivity index (χ2n) is 5.07. The molecule has 0 amide bonds. The smallest absolute Gasteiger partial charge is 0.261 e. The van der Waals surface area contributed by atoms with Crippen LogP contribution in [0.2, 0.25) is 15.1 Å². The zero-order chi connectivity index (χ0) is 18.3. The lowest BCUT2D eigenvalue weighted by Gasteiger charge is -2.17. The molecule has 0 saturated heterocycles. The summed E-state index contributed by atoms with van der Waals surface area (Å²) in [7, 11) is -3.67. The maximum Gasteiger partial charge on any atom is 0.261 e. The van der Waals surface area contributed by atoms with Gasteiger partial charge in [-0.2, -0.15) is 8.42 Å². The van der Waals surface area contributed by atoms with Gasteiger partial charge in [-0.1, -0.05) is 59.1 Å². The van der Waals surface area contributed by atoms with Crippen LogP contribution in [0.1, 0.15) is 17.0 Å². The molecule has 8 heteroatoms. The van der Waals surface area contributed by atoms with Gasteiger partial charge >= 0.3 is 0 Å². The third-order valence-electron chi connectivity index (χ3n) is 3.05. The quantitative estimate of drug-likeness (QED) is 0.728. The van der Waals surface area contributed by atoms with E-state index in [4.69, 9.17) is 39.4 Å². The van der Waals surface area contributed by atoms with Crippen LogP contribution in [0, 0.1) is 0 Å². The van der Waals surface area contributed by atoms with Gasteiger partial charge in [0.15, 0.2) is 0 Å². The van der Waals surface area contributed by atoms with Crippen molar-refractivity contribution >= 4 is 44.9 Å². The van der Waals surface area contributed by atoms with Crippen LogP contribution in [0.15, 0.2) is 42.5 Å². The van der Waals surface area contributed by atoms with Crippen LogP contribution in [0.3, 0.4) is 0 Å². The summed E-state index contributed by atoms with van der Waals surface area (Å²) in [6.45, 7) is 0.0166. The summed E-state index contributed by atoms with van der Waals surface area (Å²) in [5.74, 6) is -0.0765. The standard InChI is InChI=1S/C15H13Cl3O.CH4O3S/c16-12-6-5-10(15(18)8-12)7-11(9-19)13-3-1-2-4-14(13)17;1-5(2,3)4/h1-6,8,11,19H,7,9H2;1H3,(H,2,3,4). The van der Waals surface area contributed by atoms with Crippen LogP contribution >= 0.6 is 34.8 Å². The zero-order valence-electron chi connectivity index (χ0n) is 12.8. The minimum absolute atomic E-state index is 0.0166. The first-order valence-electron chi connectivity index (χ1n) is 6.83. The Balaban J connectivity index is 0.000000505. The number of aliphatic hydroxyl groups is 1. The Hall–Kier alpha value is -0.820. The van der Waals surface area contributed by atoms with Crippen LogP contribution in [0.4, 0.5) is 0 Å². The normalized spacial score (nSPS) is 12.2. The Labute approximate surface area is 156 Å². The molecular weight excluding hydrogens is 395 g/mol. The summed E-state index contributed by atoms with van der Waals surface area (Å²) in [5, 5.41) is 11.5. The molecule has 0 radical (unpaired) electrons. The number of rotatable bonds is 4. The fraction of sp³-hybridized carbons (Fsp3) is 0.250. The topological polar surface area (TPSA) is 74.6 Å². The second-order valence-corrected chi connectivity index (χ2v) is 7.79. The highest BCUT2D eigenvalue weighted by Crippen LogP contribution is 2.30. The Morgan fingerprint density at radius 2 is 1.62 bits per heavy atom. The maximum absolute atomic E-state index is 9.58. The molecule has 0 spiro atoms. The number of aliphatic hydroxyl groups excluding tert-OH is 1. The predicted octanol–water partition coefficient (Wildman–Crippen LogP) is 4.47. The van der Waals surface area contributed by atoms with Crippen LogP contribution in [-0.2, 0) is 16.5 Å². The van der Waals surface area contributed by atoms with Gasteiger partial charge in [0, 0.05) is 21.0 Å². The van der Waals surface area contributed by atoms with Gasteiger partial charge in [0.05, 0.1) is 12.9 Å². The van der Waals surface area contributed by atoms with Crippen LogP contribution < -0.4 is 0 Å². The van der Waals surface area contributed by atoms with Crippen molar-refractivity contribution < 1.29 is 18.1 Å². The first kappa shape index (κ1) is 21.2. The number of hydrogen-bond acceptors (Lipinski definition) is 3. The molecule has 0 aliphatic rings. The third kappa shape index (κ3) is 7.83. The highest BCUT2D eigenvalue weighted by Gasteiger charge is 2.15. The van der Waals surface area contributed by atoms with Crippen molar-refractivity contribution in [1.82, 2.24) is 0 Å². The monoisotopic (exact) mass is 410 g/mol. The molecule has 132 valence electrons. The van der Waals surface area contributed by atoms with Crippen LogP contribution in [-0.4, -0.2) is 30.9 Å². The molecule has 4 nitrogen and oxygen atoms in total. The fourth-order valence-electron chi connectivity index (χ4n) is 2.03. The van der Waals surface area contributed by atoms with Crippen molar-refractivity contribution in [3.8, 4) is 0 Å². The number of hydrogen-bond donors (Lipinski definition) is 2. The highest BCUT2D eigenvalue weighted by atomic mass is 35.5. The molecule has 0 aliphatic heterocycles. The summed E-state index contributed by atoms with van der Waals surface area (Å²) >= 11 is 18.2. The van der Waals surface area contributed by atoms with E-state index < -0.39 is 10.1 Å². The molecular formula is C16H17Cl3O4S. The lowest BCUT2D eigenvalue weighted by Crippen LogP contribution is -2.08. The lowest BCUT2D eigenvalue weighted by atomic mass is 9.92. The maximum atomic E-state index is 9.58. The minimum atomic E-state index is -3.67. The summed E-state index contributed by atoms with van der Waals surface area (Å²) in [5.41, 5.74) is 1.88. The van der Waals surface area contributed by atoms with Gasteiger partial charge in [0.1, 0.15) is 0 Å². The first-order chi connectivity index (χ1) is 11.1. The predicted molar refractivity (Wildman–Crippen MR) is 98.9 cm³/mol. The van der Waals surface area contributed by atoms with E-state index in [0.717, 1.165) is 11.1 Å². The molecule has 2 aromatic carbocycles. The van der Waals surface area contributed by atoms with E-state index in [1.807, 2.05) is 30.3 Å². The van der Waals surface area contributed by atoms with Crippen LogP contribution in [0.5, 0.6) is 0 Å². The van der Waals surface area contributed by atoms with E-state index in [1.54, 1.807) is 12.1 Å². The van der Waals surface area contributed by atoms with Gasteiger partial charge < -0.3 is 5.11 Å². The van der Waals surface area contributed by atoms with Crippen molar-refractivity contribution in [1.29, 1.82) is 0 Å². The van der Waals surface area contributed by atoms with Crippen molar-refractivity contribution in [3.63, 3.8) is 0 Å². The second kappa shape index (κ2) is 9.61. The minimum Gasteiger partial charge on any atom is -0.396 e. The van der Waals surface area contributed by atoms with E-state index in [-0.39, 0.29) is 12.5 Å². The van der Waals surface area contributed by atoms with Crippen molar-refractivity contribution in [2.24, 2.45) is 0 Å². The van der Waals surface area contributed by atoms with Gasteiger partial charge in [0.25, 0.3) is 10.1 Å². The largest absolute Gasteiger partial charge is 0.396 e. The average Bonchev–Trinajstić information content (AvgIpc) is 2.46. The Bertz CT molecular complexity index is 771. The molecule has 0 bridgehead atoms. The van der Waals surface area contributed by atoms with Gasteiger partial charge in [-0.3, -0.25) is 4.55 Å². The van der Waals surface area contributed by atoms with Crippen molar-refractivity contribution in [3.05, 3.63) is 68.7 Å². The first-order valence-corrected chi connectivity index (χ1v) is 9.81. The van der Waals surface area contributed by atoms with Gasteiger partial charge in [-0.25, -0.2) is 0 Å². The molecule has 0 aliphatic carbocycles. The van der Waals surface area contributed by atoms with E-state index in [0.29, 0.717) is 27.7 Å². The lowest BCUT2D eigenvalue weighted by molar-refractivity contribution is 0.264. The summed E-state index contributed by atoms with van der Waals surface area (Å²) in [4.78, 5) is 0. The molecule has 0 saturated carbocycles. The molecule has 24 heavy (non-hydrogen) atoms. The zero-order valence-corrected chi connectivity index (χ0v) is 15.9. The highest BCUT2D eigenvalue weighted by molar-refractivity contribution is 7.85. The third-order valence-corrected chi connectivity index (χ3v) is 3.98. The SMILES string of the molecule is CS(=O)(=O)O.OCC(Cc1ccc(Cl)cc1Cl)c1ccccc1Cl. The van der Waals surface area contributed by atoms with E-state index in [2.05, 4.69) is 0 Å². The Morgan fingerprint density at radius 3 is 2.12 bits per heavy atom. The molecule has 2 aromatic rings. The Kier molecular flexibility index (Phi) is 8.50. The van der Waals surface area contributed by atoms with Crippen molar-refractivity contribution in [2.75, 3.05) is 12.9 Å².